The molecule has 0 fully saturated rings. The molecule has 25 heavy (non-hydrogen) atoms. The maximum Gasteiger partial charge on any atom is 0.232 e. The lowest BCUT2D eigenvalue weighted by Crippen LogP contribution is -2.38. The number of aromatic nitrogens is 5. The second-order valence-corrected chi connectivity index (χ2v) is 6.41. The van der Waals surface area contributed by atoms with Crippen LogP contribution in [0, 0.1) is 0 Å². The van der Waals surface area contributed by atoms with E-state index in [0.29, 0.717) is 30.8 Å². The van der Waals surface area contributed by atoms with Crippen molar-refractivity contribution in [1.82, 2.24) is 35.5 Å². The SMILES string of the molecule is CCc1nncn1CCNC(=NC)NCc1noc(C(C)(C)C)n1.I. The summed E-state index contributed by atoms with van der Waals surface area (Å²) in [4.78, 5) is 8.58. The van der Waals surface area contributed by atoms with Crippen LogP contribution in [-0.2, 0) is 24.9 Å². The molecule has 2 N–H and O–H groups in total. The molecule has 0 radical (unpaired) electrons. The van der Waals surface area contributed by atoms with Crippen LogP contribution in [0.5, 0.6) is 0 Å². The smallest absolute Gasteiger partial charge is 0.232 e. The maximum atomic E-state index is 5.27. The fraction of sp³-hybridized carbons (Fsp3) is 0.667. The predicted molar refractivity (Wildman–Crippen MR) is 106 cm³/mol. The molecule has 0 aliphatic carbocycles. The second kappa shape index (κ2) is 9.68. The van der Waals surface area contributed by atoms with Gasteiger partial charge in [-0.1, -0.05) is 32.9 Å². The Bertz CT molecular complexity index is 673. The summed E-state index contributed by atoms with van der Waals surface area (Å²) in [6, 6.07) is 0. The molecule has 140 valence electrons. The summed E-state index contributed by atoms with van der Waals surface area (Å²) < 4.78 is 7.29. The van der Waals surface area contributed by atoms with E-state index in [4.69, 9.17) is 4.52 Å². The fourth-order valence-corrected chi connectivity index (χ4v) is 2.05. The van der Waals surface area contributed by atoms with Gasteiger partial charge in [0.1, 0.15) is 12.2 Å². The van der Waals surface area contributed by atoms with E-state index in [1.165, 1.54) is 0 Å². The van der Waals surface area contributed by atoms with Crippen LogP contribution in [0.3, 0.4) is 0 Å². The summed E-state index contributed by atoms with van der Waals surface area (Å²) in [5.74, 6) is 2.89. The molecular formula is C15H27IN8O. The van der Waals surface area contributed by atoms with Crippen molar-refractivity contribution in [3.8, 4) is 0 Å². The molecule has 0 amide bonds. The summed E-state index contributed by atoms with van der Waals surface area (Å²) in [6.07, 6.45) is 2.60. The molecule has 0 spiro atoms. The number of aryl methyl sites for hydroxylation is 1. The van der Waals surface area contributed by atoms with Crippen LogP contribution in [0.4, 0.5) is 0 Å². The first-order chi connectivity index (χ1) is 11.4. The van der Waals surface area contributed by atoms with Crippen LogP contribution >= 0.6 is 24.0 Å². The van der Waals surface area contributed by atoms with Crippen molar-refractivity contribution in [3.05, 3.63) is 23.9 Å². The van der Waals surface area contributed by atoms with Crippen molar-refractivity contribution in [1.29, 1.82) is 0 Å². The zero-order valence-electron chi connectivity index (χ0n) is 15.4. The minimum atomic E-state index is -0.152. The van der Waals surface area contributed by atoms with Crippen molar-refractivity contribution >= 4 is 29.9 Å². The Labute approximate surface area is 165 Å². The van der Waals surface area contributed by atoms with E-state index in [2.05, 4.69) is 42.9 Å². The van der Waals surface area contributed by atoms with Crippen LogP contribution in [0.1, 0.15) is 45.2 Å². The molecule has 0 saturated heterocycles. The molecule has 9 nitrogen and oxygen atoms in total. The molecular weight excluding hydrogens is 435 g/mol. The van der Waals surface area contributed by atoms with Gasteiger partial charge in [-0.3, -0.25) is 4.99 Å². The van der Waals surface area contributed by atoms with E-state index in [1.54, 1.807) is 13.4 Å². The van der Waals surface area contributed by atoms with Gasteiger partial charge in [0, 0.05) is 32.0 Å². The van der Waals surface area contributed by atoms with Crippen molar-refractivity contribution in [3.63, 3.8) is 0 Å². The zero-order valence-corrected chi connectivity index (χ0v) is 17.7. The quantitative estimate of drug-likeness (QED) is 0.381. The van der Waals surface area contributed by atoms with E-state index >= 15 is 0 Å². The lowest BCUT2D eigenvalue weighted by molar-refractivity contribution is 0.318. The van der Waals surface area contributed by atoms with E-state index < -0.39 is 0 Å². The topological polar surface area (TPSA) is 106 Å². The third-order valence-corrected chi connectivity index (χ3v) is 3.40. The Hall–Kier alpha value is -1.72. The van der Waals surface area contributed by atoms with Crippen molar-refractivity contribution < 1.29 is 4.52 Å². The lowest BCUT2D eigenvalue weighted by Gasteiger charge is -2.12. The fourth-order valence-electron chi connectivity index (χ4n) is 2.05. The Balaban J connectivity index is 0.00000312. The Kier molecular flexibility index (Phi) is 8.26. The van der Waals surface area contributed by atoms with Gasteiger partial charge in [-0.05, 0) is 0 Å². The third-order valence-electron chi connectivity index (χ3n) is 3.40. The lowest BCUT2D eigenvalue weighted by atomic mass is 9.97. The van der Waals surface area contributed by atoms with Gasteiger partial charge in [-0.2, -0.15) is 4.98 Å². The van der Waals surface area contributed by atoms with Gasteiger partial charge in [0.2, 0.25) is 5.89 Å². The summed E-state index contributed by atoms with van der Waals surface area (Å²) in [5, 5.41) is 18.4. The molecule has 2 aromatic rings. The number of halogens is 1. The van der Waals surface area contributed by atoms with Gasteiger partial charge in [0.05, 0.1) is 6.54 Å². The highest BCUT2D eigenvalue weighted by molar-refractivity contribution is 14.0. The molecule has 2 aromatic heterocycles. The van der Waals surface area contributed by atoms with E-state index in [0.717, 1.165) is 18.8 Å². The number of nitrogens with one attached hydrogen (secondary N) is 2. The monoisotopic (exact) mass is 462 g/mol. The average molecular weight is 462 g/mol. The van der Waals surface area contributed by atoms with Gasteiger partial charge < -0.3 is 19.7 Å². The highest BCUT2D eigenvalue weighted by Crippen LogP contribution is 2.19. The van der Waals surface area contributed by atoms with E-state index in [1.807, 2.05) is 25.3 Å². The average Bonchev–Trinajstić information content (AvgIpc) is 3.19. The number of hydrogen-bond donors (Lipinski definition) is 2. The van der Waals surface area contributed by atoms with Gasteiger partial charge in [0.15, 0.2) is 11.8 Å². The third kappa shape index (κ3) is 6.25. The molecule has 0 atom stereocenters. The summed E-state index contributed by atoms with van der Waals surface area (Å²) in [7, 11) is 1.72. The number of guanidine groups is 1. The van der Waals surface area contributed by atoms with Crippen molar-refractivity contribution in [2.24, 2.45) is 4.99 Å². The van der Waals surface area contributed by atoms with Gasteiger partial charge in [-0.15, -0.1) is 34.2 Å². The highest BCUT2D eigenvalue weighted by Gasteiger charge is 2.21. The minimum Gasteiger partial charge on any atom is -0.355 e. The van der Waals surface area contributed by atoms with E-state index in [9.17, 15) is 0 Å². The Morgan fingerprint density at radius 3 is 2.68 bits per heavy atom. The molecule has 0 aromatic carbocycles. The van der Waals surface area contributed by atoms with Crippen LogP contribution in [0.2, 0.25) is 0 Å². The van der Waals surface area contributed by atoms with Crippen LogP contribution in [0.25, 0.3) is 0 Å². The Morgan fingerprint density at radius 1 is 1.32 bits per heavy atom. The van der Waals surface area contributed by atoms with Gasteiger partial charge in [0.25, 0.3) is 0 Å². The molecule has 2 heterocycles. The first-order valence-electron chi connectivity index (χ1n) is 8.08. The molecule has 0 aliphatic rings. The highest BCUT2D eigenvalue weighted by atomic mass is 127. The molecule has 10 heteroatoms. The number of hydrogen-bond acceptors (Lipinski definition) is 6. The molecule has 0 bridgehead atoms. The van der Waals surface area contributed by atoms with E-state index in [-0.39, 0.29) is 29.4 Å². The van der Waals surface area contributed by atoms with Crippen LogP contribution in [0.15, 0.2) is 15.8 Å². The van der Waals surface area contributed by atoms with Gasteiger partial charge >= 0.3 is 0 Å². The number of nitrogens with zero attached hydrogens (tertiary/aromatic N) is 6. The van der Waals surface area contributed by atoms with Crippen LogP contribution in [-0.4, -0.2) is 44.5 Å². The predicted octanol–water partition coefficient (Wildman–Crippen LogP) is 1.50. The molecule has 0 saturated carbocycles. The second-order valence-electron chi connectivity index (χ2n) is 6.41. The summed E-state index contributed by atoms with van der Waals surface area (Å²) >= 11 is 0. The first kappa shape index (κ1) is 21.3. The number of aliphatic imine (C=N–C) groups is 1. The minimum absolute atomic E-state index is 0. The maximum absolute atomic E-state index is 5.27. The Morgan fingerprint density at radius 2 is 2.08 bits per heavy atom. The van der Waals surface area contributed by atoms with Crippen molar-refractivity contribution in [2.45, 2.75) is 52.6 Å². The molecule has 2 rings (SSSR count). The number of rotatable bonds is 6. The van der Waals surface area contributed by atoms with Crippen LogP contribution < -0.4 is 10.6 Å². The molecule has 0 aliphatic heterocycles. The van der Waals surface area contributed by atoms with Gasteiger partial charge in [-0.25, -0.2) is 0 Å². The molecule has 0 unspecified atom stereocenters. The largest absolute Gasteiger partial charge is 0.355 e. The summed E-state index contributed by atoms with van der Waals surface area (Å²) in [5.41, 5.74) is -0.152. The summed E-state index contributed by atoms with van der Waals surface area (Å²) in [6.45, 7) is 10.1. The zero-order chi connectivity index (χ0) is 17.6. The standard InChI is InChI=1S/C15H26N8O.HI/c1-6-12-21-19-10-23(12)8-7-17-14(16-5)18-9-11-20-13(24-22-11)15(2,3)4;/h10H,6-9H2,1-5H3,(H2,16,17,18);1H. The first-order valence-corrected chi connectivity index (χ1v) is 8.08. The van der Waals surface area contributed by atoms with Crippen molar-refractivity contribution in [2.75, 3.05) is 13.6 Å². The normalized spacial score (nSPS) is 12.0.